The number of pyridine rings is 1. The smallest absolute Gasteiger partial charge is 0.292 e. The number of amides is 1. The molecule has 2 fully saturated rings. The maximum atomic E-state index is 13.1. The standard InChI is InChI=1S/C26H25N11O2/c1-14(38)21-22(15-8-17-5-6-18(9-15)36(17)26(39)24-29-13-30-34-24)33-25-19(11-32-37(25)23(21)27)16-10-31-35(12-16)20-4-2-3-7-28-20/h2-4,7,10-13,15,17-18H,5-6,8-9,27H2,1H3,(H,29,30,34)/t15?,17-,18+. The molecule has 5 aromatic rings. The van der Waals surface area contributed by atoms with Crippen LogP contribution in [0.3, 0.4) is 0 Å². The van der Waals surface area contributed by atoms with Crippen LogP contribution in [0.2, 0.25) is 0 Å². The van der Waals surface area contributed by atoms with Gasteiger partial charge < -0.3 is 15.6 Å². The molecule has 39 heavy (non-hydrogen) atoms. The quantitative estimate of drug-likeness (QED) is 0.329. The first-order valence-electron chi connectivity index (χ1n) is 12.8. The van der Waals surface area contributed by atoms with Crippen LogP contribution in [0.1, 0.15) is 65.2 Å². The van der Waals surface area contributed by atoms with E-state index in [1.165, 1.54) is 17.8 Å². The van der Waals surface area contributed by atoms with E-state index in [2.05, 4.69) is 30.4 Å². The number of carbonyl (C=O) groups is 2. The molecule has 0 saturated carbocycles. The number of H-pyrrole nitrogens is 1. The number of aromatic nitrogens is 9. The van der Waals surface area contributed by atoms with Crippen molar-refractivity contribution in [3.05, 3.63) is 66.4 Å². The van der Waals surface area contributed by atoms with Gasteiger partial charge in [-0.05, 0) is 44.7 Å². The van der Waals surface area contributed by atoms with E-state index in [9.17, 15) is 9.59 Å². The summed E-state index contributed by atoms with van der Waals surface area (Å²) in [7, 11) is 0. The summed E-state index contributed by atoms with van der Waals surface area (Å²) >= 11 is 0. The second-order valence-electron chi connectivity index (χ2n) is 10.1. The van der Waals surface area contributed by atoms with Crippen LogP contribution in [0.5, 0.6) is 0 Å². The van der Waals surface area contributed by atoms with Crippen molar-refractivity contribution in [2.24, 2.45) is 0 Å². The van der Waals surface area contributed by atoms with Crippen LogP contribution >= 0.6 is 0 Å². The third-order valence-corrected chi connectivity index (χ3v) is 7.81. The fourth-order valence-electron chi connectivity index (χ4n) is 6.13. The number of hydrogen-bond acceptors (Lipinski definition) is 9. The number of carbonyl (C=O) groups excluding carboxylic acids is 2. The zero-order chi connectivity index (χ0) is 26.7. The van der Waals surface area contributed by atoms with Gasteiger partial charge in [0, 0.05) is 41.5 Å². The highest BCUT2D eigenvalue weighted by Gasteiger charge is 2.45. The number of nitrogens with two attached hydrogens (primary N) is 1. The van der Waals surface area contributed by atoms with Crippen LogP contribution in [0.4, 0.5) is 5.82 Å². The van der Waals surface area contributed by atoms with Gasteiger partial charge in [0.25, 0.3) is 5.91 Å². The summed E-state index contributed by atoms with van der Waals surface area (Å²) in [6.45, 7) is 1.50. The number of fused-ring (bicyclic) bond motifs is 3. The average Bonchev–Trinajstić information content (AvgIpc) is 3.74. The van der Waals surface area contributed by atoms with Crippen molar-refractivity contribution in [3.63, 3.8) is 0 Å². The number of Topliss-reactive ketones (excluding diaryl/α,β-unsaturated/α-hetero) is 1. The maximum Gasteiger partial charge on any atom is 0.292 e. The number of anilines is 1. The maximum absolute atomic E-state index is 13.1. The second-order valence-corrected chi connectivity index (χ2v) is 10.1. The molecule has 2 saturated heterocycles. The molecule has 3 atom stereocenters. The minimum atomic E-state index is -0.163. The van der Waals surface area contributed by atoms with Gasteiger partial charge in [0.1, 0.15) is 12.1 Å². The molecule has 2 aliphatic rings. The molecule has 0 aliphatic carbocycles. The first-order chi connectivity index (χ1) is 19.0. The second kappa shape index (κ2) is 8.82. The number of rotatable bonds is 5. The monoisotopic (exact) mass is 523 g/mol. The van der Waals surface area contributed by atoms with E-state index in [4.69, 9.17) is 10.7 Å². The van der Waals surface area contributed by atoms with E-state index in [0.29, 0.717) is 35.6 Å². The molecular weight excluding hydrogens is 498 g/mol. The number of ketones is 1. The molecule has 0 aromatic carbocycles. The number of nitrogens with one attached hydrogen (secondary N) is 1. The summed E-state index contributed by atoms with van der Waals surface area (Å²) in [5.74, 6) is 0.855. The van der Waals surface area contributed by atoms with E-state index in [1.807, 2.05) is 29.3 Å². The Bertz CT molecular complexity index is 1690. The third kappa shape index (κ3) is 3.68. The highest BCUT2D eigenvalue weighted by atomic mass is 16.2. The number of nitrogens with zero attached hydrogens (tertiary/aromatic N) is 9. The molecule has 0 radical (unpaired) electrons. The summed E-state index contributed by atoms with van der Waals surface area (Å²) in [6, 6.07) is 5.65. The number of nitrogen functional groups attached to an aromatic ring is 1. The van der Waals surface area contributed by atoms with E-state index in [0.717, 1.165) is 24.0 Å². The van der Waals surface area contributed by atoms with Crippen LogP contribution in [0, 0.1) is 0 Å². The van der Waals surface area contributed by atoms with Crippen LogP contribution < -0.4 is 5.73 Å². The first-order valence-corrected chi connectivity index (χ1v) is 12.8. The van der Waals surface area contributed by atoms with Crippen molar-refractivity contribution < 1.29 is 9.59 Å². The zero-order valence-corrected chi connectivity index (χ0v) is 21.1. The summed E-state index contributed by atoms with van der Waals surface area (Å²) in [4.78, 5) is 40.1. The summed E-state index contributed by atoms with van der Waals surface area (Å²) in [6.07, 6.45) is 11.5. The molecule has 5 aromatic heterocycles. The van der Waals surface area contributed by atoms with Gasteiger partial charge in [-0.25, -0.2) is 14.6 Å². The largest absolute Gasteiger partial charge is 0.383 e. The highest BCUT2D eigenvalue weighted by molar-refractivity contribution is 6.00. The Kier molecular flexibility index (Phi) is 5.25. The average molecular weight is 524 g/mol. The molecule has 2 bridgehead atoms. The Morgan fingerprint density at radius 1 is 1.10 bits per heavy atom. The van der Waals surface area contributed by atoms with Gasteiger partial charge in [-0.15, -0.1) is 10.2 Å². The molecular formula is C26H25N11O2. The van der Waals surface area contributed by atoms with Gasteiger partial charge >= 0.3 is 0 Å². The molecule has 7 rings (SSSR count). The molecule has 0 spiro atoms. The van der Waals surface area contributed by atoms with E-state index in [-0.39, 0.29) is 41.3 Å². The Morgan fingerprint density at radius 3 is 2.62 bits per heavy atom. The number of hydrogen-bond donors (Lipinski definition) is 2. The van der Waals surface area contributed by atoms with E-state index in [1.54, 1.807) is 23.3 Å². The summed E-state index contributed by atoms with van der Waals surface area (Å²) in [5, 5.41) is 16.6. The Morgan fingerprint density at radius 2 is 1.92 bits per heavy atom. The molecule has 3 N–H and O–H groups in total. The number of aromatic amines is 1. The van der Waals surface area contributed by atoms with Crippen molar-refractivity contribution in [3.8, 4) is 16.9 Å². The summed E-state index contributed by atoms with van der Waals surface area (Å²) in [5.41, 5.74) is 9.73. The lowest BCUT2D eigenvalue weighted by atomic mass is 9.85. The normalized spacial score (nSPS) is 20.5. The molecule has 13 nitrogen and oxygen atoms in total. The number of piperidine rings is 1. The van der Waals surface area contributed by atoms with E-state index >= 15 is 0 Å². The van der Waals surface area contributed by atoms with Gasteiger partial charge in [0.2, 0.25) is 5.82 Å². The fraction of sp³-hybridized carbons (Fsp3) is 0.308. The molecule has 1 amide bonds. The van der Waals surface area contributed by atoms with Crippen molar-refractivity contribution in [1.82, 2.24) is 49.4 Å². The third-order valence-electron chi connectivity index (χ3n) is 7.81. The van der Waals surface area contributed by atoms with Crippen molar-refractivity contribution in [2.75, 3.05) is 5.73 Å². The Balaban J connectivity index is 1.27. The first kappa shape index (κ1) is 23.2. The molecule has 196 valence electrons. The minimum absolute atomic E-state index is 0.0198. The topological polar surface area (TPSA) is 166 Å². The molecule has 1 unspecified atom stereocenters. The van der Waals surface area contributed by atoms with Gasteiger partial charge in [0.15, 0.2) is 17.2 Å². The van der Waals surface area contributed by atoms with Gasteiger partial charge in [-0.2, -0.15) is 14.7 Å². The van der Waals surface area contributed by atoms with Crippen LogP contribution in [-0.4, -0.2) is 73.2 Å². The van der Waals surface area contributed by atoms with Crippen LogP contribution in [0.15, 0.2) is 49.3 Å². The SMILES string of the molecule is CC(=O)c1c(C2C[C@H]3CC[C@@H](C2)N3C(=O)c2nnc[nH]2)nc2c(-c3cnn(-c4ccccn4)c3)cnn2c1N. The lowest BCUT2D eigenvalue weighted by Gasteiger charge is -2.38. The predicted octanol–water partition coefficient (Wildman–Crippen LogP) is 2.43. The Hall–Kier alpha value is -4.94. The van der Waals surface area contributed by atoms with Crippen LogP contribution in [-0.2, 0) is 0 Å². The van der Waals surface area contributed by atoms with Crippen molar-refractivity contribution >= 4 is 23.2 Å². The highest BCUT2D eigenvalue weighted by Crippen LogP contribution is 2.45. The van der Waals surface area contributed by atoms with Gasteiger partial charge in [-0.1, -0.05) is 6.07 Å². The van der Waals surface area contributed by atoms with Gasteiger partial charge in [-0.3, -0.25) is 9.59 Å². The van der Waals surface area contributed by atoms with Gasteiger partial charge in [0.05, 0.1) is 23.7 Å². The minimum Gasteiger partial charge on any atom is -0.383 e. The van der Waals surface area contributed by atoms with Crippen LogP contribution in [0.25, 0.3) is 22.6 Å². The molecule has 13 heteroatoms. The lowest BCUT2D eigenvalue weighted by molar-refractivity contribution is 0.0556. The van der Waals surface area contributed by atoms with E-state index < -0.39 is 0 Å². The zero-order valence-electron chi connectivity index (χ0n) is 21.1. The molecule has 2 aliphatic heterocycles. The fourth-order valence-corrected chi connectivity index (χ4v) is 6.13. The van der Waals surface area contributed by atoms with Crippen molar-refractivity contribution in [2.45, 2.75) is 50.6 Å². The summed E-state index contributed by atoms with van der Waals surface area (Å²) < 4.78 is 3.21. The Labute approximate surface area is 222 Å². The predicted molar refractivity (Wildman–Crippen MR) is 139 cm³/mol. The lowest BCUT2D eigenvalue weighted by Crippen LogP contribution is -2.46. The van der Waals surface area contributed by atoms with Crippen molar-refractivity contribution in [1.29, 1.82) is 0 Å². The molecule has 7 heterocycles.